The van der Waals surface area contributed by atoms with E-state index in [1.54, 1.807) is 12.4 Å². The minimum Gasteiger partial charge on any atom is -0.351 e. The van der Waals surface area contributed by atoms with Crippen molar-refractivity contribution in [1.29, 1.82) is 0 Å². The Morgan fingerprint density at radius 2 is 1.94 bits per heavy atom. The first kappa shape index (κ1) is 12.6. The van der Waals surface area contributed by atoms with Crippen LogP contribution in [0.5, 0.6) is 0 Å². The van der Waals surface area contributed by atoms with Gasteiger partial charge in [0.1, 0.15) is 0 Å². The Hall–Kier alpha value is -1.81. The second-order valence-electron chi connectivity index (χ2n) is 3.66. The lowest BCUT2D eigenvalue weighted by atomic mass is 10.3. The van der Waals surface area contributed by atoms with Crippen molar-refractivity contribution in [2.24, 2.45) is 0 Å². The normalized spacial score (nSPS) is 10.0. The van der Waals surface area contributed by atoms with Gasteiger partial charge < -0.3 is 5.32 Å². The number of pyridine rings is 1. The number of carbonyl (C=O) groups excluding carboxylic acids is 1. The fourth-order valence-corrected chi connectivity index (χ4v) is 2.10. The summed E-state index contributed by atoms with van der Waals surface area (Å²) in [5, 5.41) is 2.87. The molecule has 0 aliphatic rings. The van der Waals surface area contributed by atoms with Crippen LogP contribution in [0.1, 0.15) is 5.56 Å². The van der Waals surface area contributed by atoms with E-state index >= 15 is 0 Å². The van der Waals surface area contributed by atoms with Gasteiger partial charge in [0.25, 0.3) is 0 Å². The molecule has 1 aromatic heterocycles. The maximum absolute atomic E-state index is 11.6. The number of aromatic nitrogens is 1. The summed E-state index contributed by atoms with van der Waals surface area (Å²) in [7, 11) is 0. The Balaban J connectivity index is 1.73. The van der Waals surface area contributed by atoms with Crippen LogP contribution >= 0.6 is 11.8 Å². The molecule has 0 atom stereocenters. The maximum atomic E-state index is 11.6. The van der Waals surface area contributed by atoms with E-state index in [4.69, 9.17) is 0 Å². The Bertz CT molecular complexity index is 442. The Kier molecular flexibility index (Phi) is 4.78. The largest absolute Gasteiger partial charge is 0.351 e. The molecule has 0 unspecified atom stereocenters. The number of nitrogens with one attached hydrogen (secondary N) is 1. The van der Waals surface area contributed by atoms with E-state index in [9.17, 15) is 4.79 Å². The van der Waals surface area contributed by atoms with Gasteiger partial charge in [0.15, 0.2) is 0 Å². The number of thioether (sulfide) groups is 1. The smallest absolute Gasteiger partial charge is 0.230 e. The van der Waals surface area contributed by atoms with Gasteiger partial charge >= 0.3 is 0 Å². The molecule has 0 spiro atoms. The second kappa shape index (κ2) is 6.81. The first-order valence-corrected chi connectivity index (χ1v) is 6.57. The summed E-state index contributed by atoms with van der Waals surface area (Å²) < 4.78 is 0. The number of rotatable bonds is 5. The predicted molar refractivity (Wildman–Crippen MR) is 72.1 cm³/mol. The molecule has 0 fully saturated rings. The highest BCUT2D eigenvalue weighted by molar-refractivity contribution is 8.00. The number of carbonyl (C=O) groups is 1. The summed E-state index contributed by atoms with van der Waals surface area (Å²) in [5.74, 6) is 0.458. The molecule has 0 saturated heterocycles. The third-order valence-corrected chi connectivity index (χ3v) is 3.31. The van der Waals surface area contributed by atoms with Crippen LogP contribution in [0.4, 0.5) is 0 Å². The molecule has 2 rings (SSSR count). The van der Waals surface area contributed by atoms with Gasteiger partial charge in [-0.2, -0.15) is 0 Å². The monoisotopic (exact) mass is 257 g/mol. The summed E-state index contributed by atoms with van der Waals surface area (Å²) in [6, 6.07) is 14.3. The lowest BCUT2D eigenvalue weighted by Crippen LogP contribution is -2.24. The van der Waals surface area contributed by atoms with Gasteiger partial charge in [0.2, 0.25) is 5.91 Å². The van der Waals surface area contributed by atoms with Crippen LogP contribution in [0, 0.1) is 6.07 Å². The van der Waals surface area contributed by atoms with E-state index in [1.807, 2.05) is 36.4 Å². The van der Waals surface area contributed by atoms with Gasteiger partial charge in [-0.05, 0) is 35.9 Å². The van der Waals surface area contributed by atoms with Crippen molar-refractivity contribution in [3.63, 3.8) is 0 Å². The zero-order chi connectivity index (χ0) is 12.6. The lowest BCUT2D eigenvalue weighted by Gasteiger charge is -2.05. The van der Waals surface area contributed by atoms with Crippen LogP contribution in [-0.2, 0) is 11.3 Å². The van der Waals surface area contributed by atoms with Crippen LogP contribution in [0.15, 0.2) is 53.7 Å². The Morgan fingerprint density at radius 3 is 2.67 bits per heavy atom. The lowest BCUT2D eigenvalue weighted by molar-refractivity contribution is -0.118. The summed E-state index contributed by atoms with van der Waals surface area (Å²) in [6.07, 6.45) is 3.44. The van der Waals surface area contributed by atoms with Crippen LogP contribution in [0.3, 0.4) is 0 Å². The van der Waals surface area contributed by atoms with Crippen molar-refractivity contribution < 1.29 is 4.79 Å². The van der Waals surface area contributed by atoms with Crippen LogP contribution in [-0.4, -0.2) is 16.6 Å². The molecule has 0 saturated carbocycles. The molecule has 0 aliphatic carbocycles. The highest BCUT2D eigenvalue weighted by atomic mass is 32.2. The molecule has 1 radical (unpaired) electrons. The van der Waals surface area contributed by atoms with Crippen molar-refractivity contribution in [2.75, 3.05) is 5.75 Å². The minimum absolute atomic E-state index is 0.0321. The second-order valence-corrected chi connectivity index (χ2v) is 4.71. The van der Waals surface area contributed by atoms with Gasteiger partial charge in [-0.3, -0.25) is 9.78 Å². The fraction of sp³-hybridized carbons (Fsp3) is 0.143. The molecular formula is C14H13N2OS. The predicted octanol–water partition coefficient (Wildman–Crippen LogP) is 2.29. The zero-order valence-electron chi connectivity index (χ0n) is 9.80. The molecular weight excluding hydrogens is 244 g/mol. The average Bonchev–Trinajstić information content (AvgIpc) is 2.45. The fourth-order valence-electron chi connectivity index (χ4n) is 1.37. The third-order valence-electron chi connectivity index (χ3n) is 2.30. The highest BCUT2D eigenvalue weighted by Crippen LogP contribution is 2.15. The van der Waals surface area contributed by atoms with E-state index in [2.05, 4.69) is 16.4 Å². The van der Waals surface area contributed by atoms with Gasteiger partial charge in [-0.25, -0.2) is 0 Å². The van der Waals surface area contributed by atoms with Crippen molar-refractivity contribution in [3.8, 4) is 0 Å². The Labute approximate surface area is 111 Å². The number of benzene rings is 1. The van der Waals surface area contributed by atoms with Crippen molar-refractivity contribution in [3.05, 3.63) is 60.4 Å². The SMILES string of the molecule is O=C(CSc1cc[c]cc1)NCc1ccncc1. The highest BCUT2D eigenvalue weighted by Gasteiger charge is 2.02. The first-order chi connectivity index (χ1) is 8.84. The summed E-state index contributed by atoms with van der Waals surface area (Å²) in [4.78, 5) is 16.6. The summed E-state index contributed by atoms with van der Waals surface area (Å²) in [6.45, 7) is 0.546. The van der Waals surface area contributed by atoms with Crippen LogP contribution < -0.4 is 5.32 Å². The van der Waals surface area contributed by atoms with E-state index in [0.29, 0.717) is 12.3 Å². The van der Waals surface area contributed by atoms with E-state index in [0.717, 1.165) is 10.5 Å². The molecule has 1 N–H and O–H groups in total. The van der Waals surface area contributed by atoms with Gasteiger partial charge in [-0.1, -0.05) is 12.1 Å². The molecule has 2 aromatic rings. The average molecular weight is 257 g/mol. The van der Waals surface area contributed by atoms with Gasteiger partial charge in [0.05, 0.1) is 5.75 Å². The zero-order valence-corrected chi connectivity index (χ0v) is 10.6. The number of hydrogen-bond donors (Lipinski definition) is 1. The van der Waals surface area contributed by atoms with E-state index in [1.165, 1.54) is 11.8 Å². The molecule has 1 amide bonds. The molecule has 1 heterocycles. The maximum Gasteiger partial charge on any atom is 0.230 e. The molecule has 0 aliphatic heterocycles. The van der Waals surface area contributed by atoms with Gasteiger partial charge in [0, 0.05) is 23.8 Å². The molecule has 1 aromatic carbocycles. The summed E-state index contributed by atoms with van der Waals surface area (Å²) in [5.41, 5.74) is 1.05. The minimum atomic E-state index is 0.0321. The quantitative estimate of drug-likeness (QED) is 0.836. The van der Waals surface area contributed by atoms with E-state index in [-0.39, 0.29) is 5.91 Å². The topological polar surface area (TPSA) is 42.0 Å². The summed E-state index contributed by atoms with van der Waals surface area (Å²) >= 11 is 1.52. The van der Waals surface area contributed by atoms with Crippen molar-refractivity contribution in [2.45, 2.75) is 11.4 Å². The number of nitrogens with zero attached hydrogens (tertiary/aromatic N) is 1. The van der Waals surface area contributed by atoms with Crippen molar-refractivity contribution >= 4 is 17.7 Å². The number of amides is 1. The van der Waals surface area contributed by atoms with Crippen LogP contribution in [0.25, 0.3) is 0 Å². The first-order valence-electron chi connectivity index (χ1n) is 5.59. The number of hydrogen-bond acceptors (Lipinski definition) is 3. The third kappa shape index (κ3) is 4.22. The van der Waals surface area contributed by atoms with Crippen molar-refractivity contribution in [1.82, 2.24) is 10.3 Å². The van der Waals surface area contributed by atoms with Gasteiger partial charge in [-0.15, -0.1) is 11.8 Å². The van der Waals surface area contributed by atoms with E-state index < -0.39 is 0 Å². The van der Waals surface area contributed by atoms with Crippen LogP contribution in [0.2, 0.25) is 0 Å². The molecule has 3 nitrogen and oxygen atoms in total. The molecule has 18 heavy (non-hydrogen) atoms. The molecule has 0 bridgehead atoms. The molecule has 4 heteroatoms. The Morgan fingerprint density at radius 1 is 1.22 bits per heavy atom. The standard InChI is InChI=1S/C14H13N2OS/c17-14(11-18-13-4-2-1-3-5-13)16-10-12-6-8-15-9-7-12/h2-9H,10-11H2,(H,16,17). The molecule has 91 valence electrons.